The van der Waals surface area contributed by atoms with Crippen LogP contribution >= 0.6 is 15.9 Å². The molecule has 1 aromatic rings. The number of anilines is 1. The molecule has 1 unspecified atom stereocenters. The Hall–Kier alpha value is -0.880. The van der Waals surface area contributed by atoms with E-state index >= 15 is 0 Å². The van der Waals surface area contributed by atoms with E-state index in [9.17, 15) is 9.90 Å². The lowest BCUT2D eigenvalue weighted by molar-refractivity contribution is 0.0636. The molecule has 0 saturated carbocycles. The molecule has 0 aliphatic heterocycles. The summed E-state index contributed by atoms with van der Waals surface area (Å²) in [5.41, 5.74) is -0.302. The van der Waals surface area contributed by atoms with Crippen LogP contribution in [0.2, 0.25) is 0 Å². The molecule has 1 heterocycles. The molecule has 6 heteroatoms. The number of aryl methyl sites for hydroxylation is 1. The first-order chi connectivity index (χ1) is 9.41. The van der Waals surface area contributed by atoms with Crippen molar-refractivity contribution < 1.29 is 5.11 Å². The van der Waals surface area contributed by atoms with Gasteiger partial charge in [0, 0.05) is 13.1 Å². The highest BCUT2D eigenvalue weighted by atomic mass is 79.9. The molecule has 20 heavy (non-hydrogen) atoms. The summed E-state index contributed by atoms with van der Waals surface area (Å²) in [5, 5.41) is 17.4. The summed E-state index contributed by atoms with van der Waals surface area (Å²) >= 11 is 3.31. The standard InChI is InChI=1S/C14H24BrN3O2/c1-4-6-8-18-13(19)12(15)11(9-17-18)16-10-14(3,20)7-5-2/h9,16,20H,4-8,10H2,1-3H3. The smallest absolute Gasteiger partial charge is 0.283 e. The highest BCUT2D eigenvalue weighted by Gasteiger charge is 2.19. The largest absolute Gasteiger partial charge is 0.388 e. The first-order valence-corrected chi connectivity index (χ1v) is 7.92. The van der Waals surface area contributed by atoms with E-state index < -0.39 is 5.60 Å². The van der Waals surface area contributed by atoms with Crippen molar-refractivity contribution in [3.8, 4) is 0 Å². The number of nitrogens with zero attached hydrogens (tertiary/aromatic N) is 2. The van der Waals surface area contributed by atoms with E-state index in [-0.39, 0.29) is 5.56 Å². The van der Waals surface area contributed by atoms with Crippen LogP contribution in [0.15, 0.2) is 15.5 Å². The molecule has 1 aromatic heterocycles. The van der Waals surface area contributed by atoms with Gasteiger partial charge in [-0.1, -0.05) is 26.7 Å². The van der Waals surface area contributed by atoms with Crippen LogP contribution in [0.1, 0.15) is 46.5 Å². The molecular formula is C14H24BrN3O2. The second kappa shape index (κ2) is 7.78. The summed E-state index contributed by atoms with van der Waals surface area (Å²) in [4.78, 5) is 12.1. The number of aromatic nitrogens is 2. The summed E-state index contributed by atoms with van der Waals surface area (Å²) in [5.74, 6) is 0. The van der Waals surface area contributed by atoms with E-state index in [0.29, 0.717) is 29.7 Å². The molecular weight excluding hydrogens is 322 g/mol. The van der Waals surface area contributed by atoms with Crippen molar-refractivity contribution in [2.24, 2.45) is 0 Å². The topological polar surface area (TPSA) is 67.2 Å². The molecule has 0 amide bonds. The fourth-order valence-electron chi connectivity index (χ4n) is 1.97. The molecule has 0 aliphatic carbocycles. The number of nitrogens with one attached hydrogen (secondary N) is 1. The summed E-state index contributed by atoms with van der Waals surface area (Å²) in [6.07, 6.45) is 5.19. The number of rotatable bonds is 8. The van der Waals surface area contributed by atoms with Crippen LogP contribution in [0.5, 0.6) is 0 Å². The summed E-state index contributed by atoms with van der Waals surface area (Å²) in [6.45, 7) is 6.90. The number of halogens is 1. The Labute approximate surface area is 128 Å². The number of hydrogen-bond acceptors (Lipinski definition) is 4. The fourth-order valence-corrected chi connectivity index (χ4v) is 2.42. The van der Waals surface area contributed by atoms with Gasteiger partial charge in [0.05, 0.1) is 17.5 Å². The maximum absolute atomic E-state index is 12.1. The van der Waals surface area contributed by atoms with Gasteiger partial charge in [-0.3, -0.25) is 4.79 Å². The molecule has 0 fully saturated rings. The highest BCUT2D eigenvalue weighted by Crippen LogP contribution is 2.19. The van der Waals surface area contributed by atoms with Crippen LogP contribution in [-0.2, 0) is 6.54 Å². The van der Waals surface area contributed by atoms with Gasteiger partial charge in [-0.05, 0) is 35.7 Å². The van der Waals surface area contributed by atoms with E-state index in [2.05, 4.69) is 33.3 Å². The van der Waals surface area contributed by atoms with Gasteiger partial charge in [0.2, 0.25) is 0 Å². The predicted octanol–water partition coefficient (Wildman–Crippen LogP) is 2.77. The van der Waals surface area contributed by atoms with Gasteiger partial charge in [0.25, 0.3) is 5.56 Å². The first kappa shape index (κ1) is 17.2. The summed E-state index contributed by atoms with van der Waals surface area (Å²) in [6, 6.07) is 0. The van der Waals surface area contributed by atoms with Gasteiger partial charge in [-0.2, -0.15) is 5.10 Å². The zero-order valence-corrected chi connectivity index (χ0v) is 14.0. The van der Waals surface area contributed by atoms with Gasteiger partial charge >= 0.3 is 0 Å². The molecule has 1 rings (SSSR count). The maximum atomic E-state index is 12.1. The minimum Gasteiger partial charge on any atom is -0.388 e. The Balaban J connectivity index is 2.78. The number of hydrogen-bond donors (Lipinski definition) is 2. The Morgan fingerprint density at radius 2 is 2.15 bits per heavy atom. The molecule has 0 bridgehead atoms. The molecule has 2 N–H and O–H groups in total. The lowest BCUT2D eigenvalue weighted by Gasteiger charge is -2.23. The van der Waals surface area contributed by atoms with E-state index in [4.69, 9.17) is 0 Å². The average Bonchev–Trinajstić information content (AvgIpc) is 2.39. The summed E-state index contributed by atoms with van der Waals surface area (Å²) in [7, 11) is 0. The number of aliphatic hydroxyl groups is 1. The SMILES string of the molecule is CCCCn1ncc(NCC(C)(O)CCC)c(Br)c1=O. The first-order valence-electron chi connectivity index (χ1n) is 7.13. The highest BCUT2D eigenvalue weighted by molar-refractivity contribution is 9.10. The molecule has 0 radical (unpaired) electrons. The molecule has 114 valence electrons. The van der Waals surface area contributed by atoms with Gasteiger partial charge in [0.1, 0.15) is 4.47 Å². The molecule has 0 saturated heterocycles. The Morgan fingerprint density at radius 1 is 1.45 bits per heavy atom. The van der Waals surface area contributed by atoms with Crippen molar-refractivity contribution in [1.29, 1.82) is 0 Å². The zero-order valence-electron chi connectivity index (χ0n) is 12.4. The van der Waals surface area contributed by atoms with Gasteiger partial charge in [-0.25, -0.2) is 4.68 Å². The van der Waals surface area contributed by atoms with E-state index in [1.165, 1.54) is 4.68 Å². The van der Waals surface area contributed by atoms with Crippen molar-refractivity contribution in [3.05, 3.63) is 21.0 Å². The maximum Gasteiger partial charge on any atom is 0.283 e. The molecule has 1 atom stereocenters. The van der Waals surface area contributed by atoms with E-state index in [1.807, 2.05) is 6.92 Å². The van der Waals surface area contributed by atoms with E-state index in [0.717, 1.165) is 19.3 Å². The quantitative estimate of drug-likeness (QED) is 0.760. The molecule has 0 spiro atoms. The second-order valence-electron chi connectivity index (χ2n) is 5.35. The van der Waals surface area contributed by atoms with Crippen LogP contribution in [0.25, 0.3) is 0 Å². The normalized spacial score (nSPS) is 14.1. The molecule has 5 nitrogen and oxygen atoms in total. The van der Waals surface area contributed by atoms with Gasteiger partial charge in [0.15, 0.2) is 0 Å². The molecule has 0 aromatic carbocycles. The van der Waals surface area contributed by atoms with Crippen LogP contribution in [0.4, 0.5) is 5.69 Å². The lowest BCUT2D eigenvalue weighted by atomic mass is 10.0. The molecule has 0 aliphatic rings. The van der Waals surface area contributed by atoms with Crippen molar-refractivity contribution in [1.82, 2.24) is 9.78 Å². The average molecular weight is 346 g/mol. The van der Waals surface area contributed by atoms with Gasteiger partial charge < -0.3 is 10.4 Å². The zero-order chi connectivity index (χ0) is 15.2. The third-order valence-electron chi connectivity index (χ3n) is 3.16. The Kier molecular flexibility index (Phi) is 6.68. The van der Waals surface area contributed by atoms with Crippen LogP contribution in [-0.4, -0.2) is 27.0 Å². The van der Waals surface area contributed by atoms with Crippen molar-refractivity contribution in [2.45, 2.75) is 58.6 Å². The van der Waals surface area contributed by atoms with Crippen LogP contribution in [0, 0.1) is 0 Å². The van der Waals surface area contributed by atoms with Crippen LogP contribution < -0.4 is 10.9 Å². The predicted molar refractivity (Wildman–Crippen MR) is 85.1 cm³/mol. The summed E-state index contributed by atoms with van der Waals surface area (Å²) < 4.78 is 1.93. The van der Waals surface area contributed by atoms with E-state index in [1.54, 1.807) is 13.1 Å². The monoisotopic (exact) mass is 345 g/mol. The Bertz CT molecular complexity index is 486. The van der Waals surface area contributed by atoms with Gasteiger partial charge in [-0.15, -0.1) is 0 Å². The lowest BCUT2D eigenvalue weighted by Crippen LogP contribution is -2.34. The Morgan fingerprint density at radius 3 is 2.75 bits per heavy atom. The fraction of sp³-hybridized carbons (Fsp3) is 0.714. The van der Waals surface area contributed by atoms with Crippen molar-refractivity contribution in [3.63, 3.8) is 0 Å². The van der Waals surface area contributed by atoms with Crippen molar-refractivity contribution >= 4 is 21.6 Å². The van der Waals surface area contributed by atoms with Crippen molar-refractivity contribution in [2.75, 3.05) is 11.9 Å². The third-order valence-corrected chi connectivity index (χ3v) is 3.92. The second-order valence-corrected chi connectivity index (χ2v) is 6.15. The third kappa shape index (κ3) is 4.90. The minimum atomic E-state index is -0.786. The minimum absolute atomic E-state index is 0.140. The van der Waals surface area contributed by atoms with Crippen LogP contribution in [0.3, 0.4) is 0 Å². The number of unbranched alkanes of at least 4 members (excludes halogenated alkanes) is 1.